The molecule has 0 bridgehead atoms. The van der Waals surface area contributed by atoms with Crippen LogP contribution in [0.5, 0.6) is 5.75 Å². The minimum Gasteiger partial charge on any atom is -0.507 e. The van der Waals surface area contributed by atoms with E-state index in [1.54, 1.807) is 19.1 Å². The first-order valence-electron chi connectivity index (χ1n) is 13.3. The minimum absolute atomic E-state index is 0.0559. The lowest BCUT2D eigenvalue weighted by atomic mass is 9.59. The molecule has 0 saturated carbocycles. The zero-order chi connectivity index (χ0) is 27.9. The van der Waals surface area contributed by atoms with E-state index in [-0.39, 0.29) is 35.6 Å². The van der Waals surface area contributed by atoms with Crippen LogP contribution in [0.15, 0.2) is 95.1 Å². The van der Waals surface area contributed by atoms with Crippen molar-refractivity contribution in [3.63, 3.8) is 0 Å². The lowest BCUT2D eigenvalue weighted by Gasteiger charge is -2.42. The van der Waals surface area contributed by atoms with Gasteiger partial charge in [0, 0.05) is 37.2 Å². The molecule has 3 aromatic rings. The quantitative estimate of drug-likeness (QED) is 0.166. The van der Waals surface area contributed by atoms with Crippen LogP contribution in [0, 0.1) is 21.3 Å². The molecule has 4 aliphatic rings. The van der Waals surface area contributed by atoms with Crippen LogP contribution in [-0.4, -0.2) is 28.5 Å². The number of hydrogen-bond acceptors (Lipinski definition) is 5. The summed E-state index contributed by atoms with van der Waals surface area (Å²) in [6.07, 6.45) is 3.91. The van der Waals surface area contributed by atoms with Gasteiger partial charge in [-0.3, -0.25) is 24.1 Å². The number of carbonyl (C=O) groups is 4. The van der Waals surface area contributed by atoms with Gasteiger partial charge < -0.3 is 5.11 Å². The predicted molar refractivity (Wildman–Crippen MR) is 159 cm³/mol. The van der Waals surface area contributed by atoms with Gasteiger partial charge in [-0.05, 0) is 84.0 Å². The highest BCUT2D eigenvalue weighted by Crippen LogP contribution is 2.56. The Morgan fingerprint density at radius 1 is 0.900 bits per heavy atom. The Morgan fingerprint density at radius 3 is 2.42 bits per heavy atom. The summed E-state index contributed by atoms with van der Waals surface area (Å²) in [7, 11) is 0. The van der Waals surface area contributed by atoms with Gasteiger partial charge in [0.25, 0.3) is 0 Å². The van der Waals surface area contributed by atoms with Crippen LogP contribution in [0.1, 0.15) is 31.2 Å². The molecule has 0 aromatic heterocycles. The molecule has 1 heterocycles. The number of ketones is 2. The zero-order valence-corrected chi connectivity index (χ0v) is 23.7. The van der Waals surface area contributed by atoms with Crippen molar-refractivity contribution in [2.75, 3.05) is 4.90 Å². The molecule has 1 aliphatic heterocycles. The van der Waals surface area contributed by atoms with Gasteiger partial charge in [-0.15, -0.1) is 0 Å². The van der Waals surface area contributed by atoms with Crippen LogP contribution >= 0.6 is 22.6 Å². The van der Waals surface area contributed by atoms with Crippen molar-refractivity contribution in [2.24, 2.45) is 17.8 Å². The molecule has 1 fully saturated rings. The number of carbonyl (C=O) groups excluding carboxylic acids is 4. The van der Waals surface area contributed by atoms with Gasteiger partial charge in [0.2, 0.25) is 11.8 Å². The second kappa shape index (κ2) is 9.09. The van der Waals surface area contributed by atoms with E-state index in [4.69, 9.17) is 0 Å². The first-order chi connectivity index (χ1) is 19.3. The van der Waals surface area contributed by atoms with E-state index in [1.807, 2.05) is 54.6 Å². The number of Topliss-reactive ketones (excluding diaryl/α,β-unsaturated/α-hetero) is 1. The monoisotopic (exact) mass is 641 g/mol. The van der Waals surface area contributed by atoms with Crippen molar-refractivity contribution < 1.29 is 24.3 Å². The SMILES string of the molecule is CC1=CC(=O)C2=C(C1=O)C(c1ccc3ccccc3c1O)C1=CCC3C(=O)N(c4ccc(I)cc4)C(=O)C3C1C2. The summed E-state index contributed by atoms with van der Waals surface area (Å²) in [5.41, 5.74) is 3.01. The normalized spacial score (nSPS) is 26.0. The van der Waals surface area contributed by atoms with E-state index in [2.05, 4.69) is 22.6 Å². The van der Waals surface area contributed by atoms with Gasteiger partial charge in [0.1, 0.15) is 5.75 Å². The topological polar surface area (TPSA) is 91.8 Å². The van der Waals surface area contributed by atoms with Gasteiger partial charge in [0.15, 0.2) is 11.6 Å². The zero-order valence-electron chi connectivity index (χ0n) is 21.6. The molecule has 3 aliphatic carbocycles. The number of benzene rings is 3. The van der Waals surface area contributed by atoms with E-state index in [0.717, 1.165) is 14.5 Å². The number of anilines is 1. The Bertz CT molecular complexity index is 1780. The average molecular weight is 641 g/mol. The number of hydrogen-bond donors (Lipinski definition) is 1. The summed E-state index contributed by atoms with van der Waals surface area (Å²) in [6, 6.07) is 18.5. The fraction of sp³-hybridized carbons (Fsp3) is 0.212. The van der Waals surface area contributed by atoms with Crippen molar-refractivity contribution in [1.82, 2.24) is 0 Å². The number of allylic oxidation sites excluding steroid dienone is 6. The molecule has 4 unspecified atom stereocenters. The highest BCUT2D eigenvalue weighted by Gasteiger charge is 2.56. The van der Waals surface area contributed by atoms with Crippen molar-refractivity contribution in [2.45, 2.75) is 25.7 Å². The smallest absolute Gasteiger partial charge is 0.238 e. The third-order valence-electron chi connectivity index (χ3n) is 8.89. The maximum Gasteiger partial charge on any atom is 0.238 e. The highest BCUT2D eigenvalue weighted by atomic mass is 127. The molecule has 0 radical (unpaired) electrons. The van der Waals surface area contributed by atoms with Gasteiger partial charge in [0.05, 0.1) is 17.5 Å². The number of fused-ring (bicyclic) bond motifs is 4. The van der Waals surface area contributed by atoms with E-state index in [9.17, 15) is 24.3 Å². The standard InChI is InChI=1S/C33H24INO5/c1-16-14-26(36)25-15-24-21(12-13-23-28(24)33(40)35(32(23)39)19-9-7-18(34)8-10-19)27(29(25)30(16)37)22-11-6-17-4-2-3-5-20(17)31(22)38/h2-12,14,23-24,27-28,38H,13,15H2,1H3. The lowest BCUT2D eigenvalue weighted by molar-refractivity contribution is -0.123. The second-order valence-electron chi connectivity index (χ2n) is 10.9. The van der Waals surface area contributed by atoms with Crippen LogP contribution in [-0.2, 0) is 19.2 Å². The molecule has 1 saturated heterocycles. The molecular formula is C33H24INO5. The summed E-state index contributed by atoms with van der Waals surface area (Å²) in [4.78, 5) is 55.8. The number of amides is 2. The number of phenolic OH excluding ortho intramolecular Hbond substituents is 1. The third-order valence-corrected chi connectivity index (χ3v) is 9.61. The number of rotatable bonds is 2. The summed E-state index contributed by atoms with van der Waals surface area (Å²) in [6.45, 7) is 1.64. The largest absolute Gasteiger partial charge is 0.507 e. The van der Waals surface area contributed by atoms with Gasteiger partial charge in [-0.25, -0.2) is 0 Å². The summed E-state index contributed by atoms with van der Waals surface area (Å²) >= 11 is 2.18. The van der Waals surface area contributed by atoms with Crippen LogP contribution in [0.2, 0.25) is 0 Å². The van der Waals surface area contributed by atoms with E-state index >= 15 is 0 Å². The fourth-order valence-electron chi connectivity index (χ4n) is 7.07. The molecule has 6 nitrogen and oxygen atoms in total. The summed E-state index contributed by atoms with van der Waals surface area (Å²) in [5.74, 6) is -3.25. The number of nitrogens with zero attached hydrogens (tertiary/aromatic N) is 1. The highest BCUT2D eigenvalue weighted by molar-refractivity contribution is 14.1. The minimum atomic E-state index is -0.685. The maximum absolute atomic E-state index is 14.0. The molecule has 40 heavy (non-hydrogen) atoms. The Hall–Kier alpha value is -3.85. The molecule has 1 N–H and O–H groups in total. The van der Waals surface area contributed by atoms with Gasteiger partial charge in [-0.2, -0.15) is 0 Å². The molecule has 7 rings (SSSR count). The average Bonchev–Trinajstić information content (AvgIpc) is 3.21. The molecule has 2 amide bonds. The number of halogens is 1. The van der Waals surface area contributed by atoms with Crippen LogP contribution < -0.4 is 4.90 Å². The number of aromatic hydroxyl groups is 1. The first-order valence-corrected chi connectivity index (χ1v) is 14.4. The Labute approximate surface area is 244 Å². The molecule has 4 atom stereocenters. The van der Waals surface area contributed by atoms with Crippen molar-refractivity contribution in [1.29, 1.82) is 0 Å². The predicted octanol–water partition coefficient (Wildman–Crippen LogP) is 5.78. The third kappa shape index (κ3) is 3.53. The van der Waals surface area contributed by atoms with E-state index < -0.39 is 23.7 Å². The molecule has 0 spiro atoms. The van der Waals surface area contributed by atoms with Gasteiger partial charge >= 0.3 is 0 Å². The molecule has 3 aromatic carbocycles. The van der Waals surface area contributed by atoms with Crippen molar-refractivity contribution >= 4 is 62.4 Å². The summed E-state index contributed by atoms with van der Waals surface area (Å²) < 4.78 is 0.996. The maximum atomic E-state index is 14.0. The number of imide groups is 1. The van der Waals surface area contributed by atoms with Crippen LogP contribution in [0.25, 0.3) is 10.8 Å². The van der Waals surface area contributed by atoms with Crippen molar-refractivity contribution in [3.05, 3.63) is 104 Å². The lowest BCUT2D eigenvalue weighted by Crippen LogP contribution is -2.39. The first kappa shape index (κ1) is 25.1. The van der Waals surface area contributed by atoms with Crippen LogP contribution in [0.4, 0.5) is 5.69 Å². The fourth-order valence-corrected chi connectivity index (χ4v) is 7.43. The van der Waals surface area contributed by atoms with Crippen molar-refractivity contribution in [3.8, 4) is 5.75 Å². The molecular weight excluding hydrogens is 617 g/mol. The Balaban J connectivity index is 1.40. The summed E-state index contributed by atoms with van der Waals surface area (Å²) in [5, 5.41) is 13.0. The van der Waals surface area contributed by atoms with Gasteiger partial charge in [-0.1, -0.05) is 48.0 Å². The molecule has 198 valence electrons. The molecule has 7 heteroatoms. The van der Waals surface area contributed by atoms with Crippen LogP contribution in [0.3, 0.4) is 0 Å². The Morgan fingerprint density at radius 2 is 1.65 bits per heavy atom. The number of phenols is 1. The van der Waals surface area contributed by atoms with E-state index in [0.29, 0.717) is 39.8 Å². The second-order valence-corrected chi connectivity index (χ2v) is 12.2. The Kier molecular flexibility index (Phi) is 5.71. The van der Waals surface area contributed by atoms with E-state index in [1.165, 1.54) is 11.0 Å².